The highest BCUT2D eigenvalue weighted by Crippen LogP contribution is 2.69. The maximum atomic E-state index is 6.36. The van der Waals surface area contributed by atoms with Crippen LogP contribution in [0.2, 0.25) is 10.0 Å². The van der Waals surface area contributed by atoms with Crippen molar-refractivity contribution in [2.45, 2.75) is 53.5 Å². The van der Waals surface area contributed by atoms with Gasteiger partial charge in [0.2, 0.25) is 0 Å². The van der Waals surface area contributed by atoms with Crippen LogP contribution in [0.5, 0.6) is 0 Å². The van der Waals surface area contributed by atoms with Gasteiger partial charge < -0.3 is 5.32 Å². The summed E-state index contributed by atoms with van der Waals surface area (Å²) in [7, 11) is 0. The van der Waals surface area contributed by atoms with Crippen molar-refractivity contribution in [3.8, 4) is 0 Å². The summed E-state index contributed by atoms with van der Waals surface area (Å²) >= 11 is 12.5. The zero-order valence-corrected chi connectivity index (χ0v) is 15.3. The molecule has 1 nitrogen and oxygen atoms in total. The van der Waals surface area contributed by atoms with Gasteiger partial charge in [-0.15, -0.1) is 0 Å². The van der Waals surface area contributed by atoms with Crippen LogP contribution in [0.15, 0.2) is 18.2 Å². The number of halogens is 2. The molecule has 118 valence electrons. The van der Waals surface area contributed by atoms with Gasteiger partial charge in [-0.3, -0.25) is 0 Å². The number of nitrogens with one attached hydrogen (secondary N) is 1. The van der Waals surface area contributed by atoms with Gasteiger partial charge in [0, 0.05) is 16.1 Å². The Morgan fingerprint density at radius 1 is 1.14 bits per heavy atom. The van der Waals surface area contributed by atoms with Crippen molar-refractivity contribution < 1.29 is 0 Å². The van der Waals surface area contributed by atoms with Gasteiger partial charge in [0.25, 0.3) is 0 Å². The number of rotatable bonds is 6. The molecular weight excluding hydrogens is 301 g/mol. The van der Waals surface area contributed by atoms with Crippen LogP contribution in [0.3, 0.4) is 0 Å². The van der Waals surface area contributed by atoms with Crippen molar-refractivity contribution in [1.29, 1.82) is 0 Å². The molecule has 1 aromatic rings. The molecule has 1 N–H and O–H groups in total. The fourth-order valence-electron chi connectivity index (χ4n) is 3.83. The zero-order chi connectivity index (χ0) is 15.8. The Kier molecular flexibility index (Phi) is 4.97. The monoisotopic (exact) mass is 327 g/mol. The fraction of sp³-hybridized carbons (Fsp3) is 0.667. The highest BCUT2D eigenvalue weighted by atomic mass is 35.5. The summed E-state index contributed by atoms with van der Waals surface area (Å²) in [4.78, 5) is 0. The molecule has 0 radical (unpaired) electrons. The SMILES string of the molecule is CCCNC(Cc1cc(Cl)ccc1Cl)C1C(C)(C)C1(C)C. The minimum atomic E-state index is 0.365. The Bertz CT molecular complexity index is 494. The van der Waals surface area contributed by atoms with Crippen LogP contribution in [-0.4, -0.2) is 12.6 Å². The molecule has 0 saturated heterocycles. The lowest BCUT2D eigenvalue weighted by Crippen LogP contribution is -2.36. The minimum Gasteiger partial charge on any atom is -0.313 e. The van der Waals surface area contributed by atoms with Crippen molar-refractivity contribution in [3.63, 3.8) is 0 Å². The molecule has 0 heterocycles. The normalized spacial score (nSPS) is 21.3. The van der Waals surface area contributed by atoms with E-state index in [1.54, 1.807) is 0 Å². The quantitative estimate of drug-likeness (QED) is 0.718. The van der Waals surface area contributed by atoms with E-state index in [2.05, 4.69) is 39.9 Å². The maximum Gasteiger partial charge on any atom is 0.0439 e. The van der Waals surface area contributed by atoms with E-state index in [0.29, 0.717) is 22.8 Å². The van der Waals surface area contributed by atoms with Crippen LogP contribution in [0.25, 0.3) is 0 Å². The first-order valence-corrected chi connectivity index (χ1v) is 8.64. The second-order valence-corrected chi connectivity index (χ2v) is 8.27. The van der Waals surface area contributed by atoms with E-state index in [1.165, 1.54) is 0 Å². The molecule has 1 saturated carbocycles. The third kappa shape index (κ3) is 3.25. The Morgan fingerprint density at radius 3 is 2.29 bits per heavy atom. The van der Waals surface area contributed by atoms with E-state index in [-0.39, 0.29) is 0 Å². The first-order chi connectivity index (χ1) is 9.71. The predicted octanol–water partition coefficient (Wildman–Crippen LogP) is 5.59. The van der Waals surface area contributed by atoms with Crippen molar-refractivity contribution in [2.75, 3.05) is 6.54 Å². The summed E-state index contributed by atoms with van der Waals surface area (Å²) in [5, 5.41) is 5.32. The van der Waals surface area contributed by atoms with Crippen molar-refractivity contribution in [2.24, 2.45) is 16.7 Å². The average Bonchev–Trinajstić information content (AvgIpc) is 2.80. The van der Waals surface area contributed by atoms with Gasteiger partial charge in [0.05, 0.1) is 0 Å². The molecule has 1 unspecified atom stereocenters. The van der Waals surface area contributed by atoms with Crippen molar-refractivity contribution >= 4 is 23.2 Å². The van der Waals surface area contributed by atoms with Gasteiger partial charge in [0.15, 0.2) is 0 Å². The molecule has 0 aromatic heterocycles. The van der Waals surface area contributed by atoms with Gasteiger partial charge >= 0.3 is 0 Å². The molecule has 1 fully saturated rings. The lowest BCUT2D eigenvalue weighted by molar-refractivity contribution is 0.395. The third-order valence-corrected chi connectivity index (χ3v) is 6.24. The molecular formula is C18H27Cl2N. The zero-order valence-electron chi connectivity index (χ0n) is 13.8. The molecule has 0 amide bonds. The van der Waals surface area contributed by atoms with Crippen LogP contribution in [0, 0.1) is 16.7 Å². The second-order valence-electron chi connectivity index (χ2n) is 7.42. The fourth-order valence-corrected chi connectivity index (χ4v) is 4.22. The number of hydrogen-bond acceptors (Lipinski definition) is 1. The molecule has 1 aromatic carbocycles. The van der Waals surface area contributed by atoms with E-state index >= 15 is 0 Å². The van der Waals surface area contributed by atoms with Gasteiger partial charge in [-0.1, -0.05) is 57.8 Å². The Balaban J connectivity index is 2.20. The van der Waals surface area contributed by atoms with E-state index in [9.17, 15) is 0 Å². The van der Waals surface area contributed by atoms with Crippen molar-refractivity contribution in [1.82, 2.24) is 5.32 Å². The summed E-state index contributed by atoms with van der Waals surface area (Å²) in [6.45, 7) is 12.7. The predicted molar refractivity (Wildman–Crippen MR) is 93.3 cm³/mol. The lowest BCUT2D eigenvalue weighted by atomic mass is 9.96. The number of benzene rings is 1. The van der Waals surface area contributed by atoms with Gasteiger partial charge in [0.1, 0.15) is 0 Å². The molecule has 0 spiro atoms. The number of hydrogen-bond donors (Lipinski definition) is 1. The molecule has 3 heteroatoms. The summed E-state index contributed by atoms with van der Waals surface area (Å²) < 4.78 is 0. The highest BCUT2D eigenvalue weighted by molar-refractivity contribution is 6.33. The highest BCUT2D eigenvalue weighted by Gasteiger charge is 2.66. The first kappa shape index (κ1) is 17.1. The van der Waals surface area contributed by atoms with Crippen LogP contribution in [0.1, 0.15) is 46.6 Å². The van der Waals surface area contributed by atoms with Crippen LogP contribution >= 0.6 is 23.2 Å². The average molecular weight is 328 g/mol. The Morgan fingerprint density at radius 2 is 1.76 bits per heavy atom. The summed E-state index contributed by atoms with van der Waals surface area (Å²) in [6, 6.07) is 6.21. The van der Waals surface area contributed by atoms with Crippen LogP contribution in [-0.2, 0) is 6.42 Å². The molecule has 1 aliphatic rings. The molecule has 1 atom stereocenters. The lowest BCUT2D eigenvalue weighted by Gasteiger charge is -2.22. The van der Waals surface area contributed by atoms with Crippen molar-refractivity contribution in [3.05, 3.63) is 33.8 Å². The van der Waals surface area contributed by atoms with E-state index < -0.39 is 0 Å². The molecule has 0 aliphatic heterocycles. The maximum absolute atomic E-state index is 6.36. The first-order valence-electron chi connectivity index (χ1n) is 7.89. The third-order valence-electron chi connectivity index (χ3n) is 5.64. The summed E-state index contributed by atoms with van der Waals surface area (Å²) in [5.41, 5.74) is 1.88. The van der Waals surface area contributed by atoms with Crippen LogP contribution < -0.4 is 5.32 Å². The van der Waals surface area contributed by atoms with Gasteiger partial charge in [-0.05, 0) is 59.9 Å². The van der Waals surface area contributed by atoms with E-state index in [0.717, 1.165) is 35.0 Å². The Labute approximate surface area is 139 Å². The molecule has 21 heavy (non-hydrogen) atoms. The van der Waals surface area contributed by atoms with E-state index in [1.807, 2.05) is 18.2 Å². The van der Waals surface area contributed by atoms with Gasteiger partial charge in [-0.2, -0.15) is 0 Å². The minimum absolute atomic E-state index is 0.365. The smallest absolute Gasteiger partial charge is 0.0439 e. The van der Waals surface area contributed by atoms with E-state index in [4.69, 9.17) is 23.2 Å². The molecule has 1 aliphatic carbocycles. The summed E-state index contributed by atoms with van der Waals surface area (Å²) in [6.07, 6.45) is 2.09. The molecule has 0 bridgehead atoms. The van der Waals surface area contributed by atoms with Crippen LogP contribution in [0.4, 0.5) is 0 Å². The standard InChI is InChI=1S/C18H27Cl2N/c1-6-9-21-15(16-17(2,3)18(16,4)5)11-12-10-13(19)7-8-14(12)20/h7-8,10,15-16,21H,6,9,11H2,1-5H3. The largest absolute Gasteiger partial charge is 0.313 e. The topological polar surface area (TPSA) is 12.0 Å². The summed E-state index contributed by atoms with van der Waals surface area (Å²) in [5.74, 6) is 0.659. The second kappa shape index (κ2) is 6.10. The van der Waals surface area contributed by atoms with Gasteiger partial charge in [-0.25, -0.2) is 0 Å². The molecule has 2 rings (SSSR count). The Hall–Kier alpha value is -0.240.